The molecule has 3 aromatic carbocycles. The zero-order valence-electron chi connectivity index (χ0n) is 16.3. The fourth-order valence-electron chi connectivity index (χ4n) is 2.49. The van der Waals surface area contributed by atoms with Crippen LogP contribution in [0.4, 0.5) is 0 Å². The average molecular weight is 408 g/mol. The number of hydrogen-bond donors (Lipinski definition) is 3. The van der Waals surface area contributed by atoms with Crippen molar-refractivity contribution in [3.05, 3.63) is 108 Å². The van der Waals surface area contributed by atoms with Crippen molar-refractivity contribution in [3.63, 3.8) is 0 Å². The molecule has 0 unspecified atom stereocenters. The van der Waals surface area contributed by atoms with Gasteiger partial charge >= 0.3 is 17.9 Å². The van der Waals surface area contributed by atoms with E-state index in [0.29, 0.717) is 11.1 Å². The zero-order valence-corrected chi connectivity index (χ0v) is 16.3. The van der Waals surface area contributed by atoms with Crippen LogP contribution in [-0.4, -0.2) is 33.2 Å². The summed E-state index contributed by atoms with van der Waals surface area (Å²) in [5.41, 5.74) is 0.946. The fourth-order valence-corrected chi connectivity index (χ4v) is 2.49. The molecule has 0 radical (unpaired) electrons. The molecule has 30 heavy (non-hydrogen) atoms. The first-order valence-corrected chi connectivity index (χ1v) is 9.15. The summed E-state index contributed by atoms with van der Waals surface area (Å²) in [6, 6.07) is 28.5. The zero-order chi connectivity index (χ0) is 22.2. The number of aliphatic carboxylic acids is 3. The van der Waals surface area contributed by atoms with Crippen molar-refractivity contribution in [2.45, 2.75) is 19.3 Å². The summed E-state index contributed by atoms with van der Waals surface area (Å²) >= 11 is 0. The van der Waals surface area contributed by atoms with E-state index in [9.17, 15) is 14.4 Å². The molecule has 156 valence electrons. The van der Waals surface area contributed by atoms with Crippen LogP contribution in [0, 0.1) is 0 Å². The van der Waals surface area contributed by atoms with E-state index in [-0.39, 0.29) is 24.8 Å². The predicted molar refractivity (Wildman–Crippen MR) is 113 cm³/mol. The molecule has 0 aliphatic carbocycles. The van der Waals surface area contributed by atoms with Gasteiger partial charge in [0.05, 0.1) is 19.3 Å². The number of carboxylic acids is 3. The summed E-state index contributed by atoms with van der Waals surface area (Å²) < 4.78 is 0. The van der Waals surface area contributed by atoms with Gasteiger partial charge in [-0.15, -0.1) is 0 Å². The van der Waals surface area contributed by atoms with Gasteiger partial charge in [0.1, 0.15) is 0 Å². The second-order valence-electron chi connectivity index (χ2n) is 6.08. The molecule has 0 amide bonds. The topological polar surface area (TPSA) is 112 Å². The lowest BCUT2D eigenvalue weighted by Crippen LogP contribution is -2.12. The minimum Gasteiger partial charge on any atom is -0.481 e. The van der Waals surface area contributed by atoms with E-state index >= 15 is 0 Å². The SMILES string of the molecule is O=C(O)Cc1cccc(CC(=O)O)c1CC(=O)O.c1ccccc1.c1ccccc1. The van der Waals surface area contributed by atoms with E-state index in [1.54, 1.807) is 0 Å². The van der Waals surface area contributed by atoms with Gasteiger partial charge in [-0.2, -0.15) is 0 Å². The Labute approximate surface area is 175 Å². The summed E-state index contributed by atoms with van der Waals surface area (Å²) in [5.74, 6) is -3.30. The number of hydrogen-bond acceptors (Lipinski definition) is 3. The largest absolute Gasteiger partial charge is 0.481 e. The molecule has 3 N–H and O–H groups in total. The Bertz CT molecular complexity index is 788. The van der Waals surface area contributed by atoms with E-state index in [2.05, 4.69) is 0 Å². The van der Waals surface area contributed by atoms with Crippen LogP contribution in [-0.2, 0) is 33.6 Å². The third-order valence-corrected chi connectivity index (χ3v) is 3.71. The van der Waals surface area contributed by atoms with E-state index in [1.807, 2.05) is 72.8 Å². The minimum atomic E-state index is -1.13. The van der Waals surface area contributed by atoms with Crippen molar-refractivity contribution in [1.29, 1.82) is 0 Å². The lowest BCUT2D eigenvalue weighted by atomic mass is 9.94. The Morgan fingerprint density at radius 3 is 0.967 bits per heavy atom. The van der Waals surface area contributed by atoms with Gasteiger partial charge in [-0.05, 0) is 16.7 Å². The van der Waals surface area contributed by atoms with Crippen molar-refractivity contribution < 1.29 is 29.7 Å². The molecule has 6 heteroatoms. The minimum absolute atomic E-state index is 0.273. The normalized spacial score (nSPS) is 9.20. The van der Waals surface area contributed by atoms with Crippen molar-refractivity contribution >= 4 is 17.9 Å². The van der Waals surface area contributed by atoms with Crippen LogP contribution in [0.25, 0.3) is 0 Å². The Morgan fingerprint density at radius 1 is 0.467 bits per heavy atom. The summed E-state index contributed by atoms with van der Waals surface area (Å²) in [6.45, 7) is 0. The molecule has 6 nitrogen and oxygen atoms in total. The van der Waals surface area contributed by atoms with Gasteiger partial charge in [0.15, 0.2) is 0 Å². The molecule has 0 spiro atoms. The Hall–Kier alpha value is -3.93. The highest BCUT2D eigenvalue weighted by Gasteiger charge is 2.15. The highest BCUT2D eigenvalue weighted by Crippen LogP contribution is 2.17. The molecule has 3 rings (SSSR count). The third kappa shape index (κ3) is 11.0. The van der Waals surface area contributed by atoms with E-state index in [1.165, 1.54) is 18.2 Å². The first-order valence-electron chi connectivity index (χ1n) is 9.15. The van der Waals surface area contributed by atoms with Crippen LogP contribution in [0.2, 0.25) is 0 Å². The standard InChI is InChI=1S/C12H12O6.2C6H6/c13-10(14)4-7-2-1-3-8(5-11(15)16)9(7)6-12(17)18;2*1-2-4-6-5-3-1/h1-3H,4-6H2,(H,13,14)(H,15,16)(H,17,18);2*1-6H. The highest BCUT2D eigenvalue weighted by atomic mass is 16.4. The number of carbonyl (C=O) groups is 3. The lowest BCUT2D eigenvalue weighted by molar-refractivity contribution is -0.137. The van der Waals surface area contributed by atoms with E-state index < -0.39 is 17.9 Å². The molecule has 0 aromatic heterocycles. The highest BCUT2D eigenvalue weighted by molar-refractivity contribution is 5.77. The summed E-state index contributed by atoms with van der Waals surface area (Å²) in [5, 5.41) is 26.3. The quantitative estimate of drug-likeness (QED) is 0.570. The second-order valence-corrected chi connectivity index (χ2v) is 6.08. The Balaban J connectivity index is 0.000000300. The molecule has 0 bridgehead atoms. The Morgan fingerprint density at radius 2 is 0.733 bits per heavy atom. The number of carboxylic acid groups (broad SMARTS) is 3. The predicted octanol–water partition coefficient (Wildman–Crippen LogP) is 3.94. The van der Waals surface area contributed by atoms with Gasteiger partial charge in [-0.25, -0.2) is 0 Å². The molecule has 0 saturated carbocycles. The third-order valence-electron chi connectivity index (χ3n) is 3.71. The molecule has 0 atom stereocenters. The maximum atomic E-state index is 10.7. The smallest absolute Gasteiger partial charge is 0.307 e. The molecule has 0 fully saturated rings. The van der Waals surface area contributed by atoms with Gasteiger partial charge in [-0.3, -0.25) is 14.4 Å². The van der Waals surface area contributed by atoms with Crippen molar-refractivity contribution in [2.75, 3.05) is 0 Å². The van der Waals surface area contributed by atoms with Crippen LogP contribution in [0.5, 0.6) is 0 Å². The monoisotopic (exact) mass is 408 g/mol. The van der Waals surface area contributed by atoms with Gasteiger partial charge in [-0.1, -0.05) is 91.0 Å². The fraction of sp³-hybridized carbons (Fsp3) is 0.125. The maximum absolute atomic E-state index is 10.7. The Kier molecular flexibility index (Phi) is 11.3. The van der Waals surface area contributed by atoms with Crippen molar-refractivity contribution in [1.82, 2.24) is 0 Å². The van der Waals surface area contributed by atoms with Gasteiger partial charge < -0.3 is 15.3 Å². The van der Waals surface area contributed by atoms with Crippen LogP contribution in [0.15, 0.2) is 91.0 Å². The van der Waals surface area contributed by atoms with E-state index in [0.717, 1.165) is 0 Å². The van der Waals surface area contributed by atoms with Crippen LogP contribution < -0.4 is 0 Å². The molecular formula is C24H24O6. The molecule has 0 saturated heterocycles. The molecule has 3 aromatic rings. The maximum Gasteiger partial charge on any atom is 0.307 e. The first-order chi connectivity index (χ1) is 14.4. The number of benzene rings is 3. The van der Waals surface area contributed by atoms with Crippen LogP contribution >= 0.6 is 0 Å². The summed E-state index contributed by atoms with van der Waals surface area (Å²) in [4.78, 5) is 32.1. The van der Waals surface area contributed by atoms with Crippen molar-refractivity contribution in [2.24, 2.45) is 0 Å². The molecular weight excluding hydrogens is 384 g/mol. The molecule has 0 aliphatic rings. The summed E-state index contributed by atoms with van der Waals surface area (Å²) in [7, 11) is 0. The molecule has 0 heterocycles. The van der Waals surface area contributed by atoms with Crippen molar-refractivity contribution in [3.8, 4) is 0 Å². The average Bonchev–Trinajstić information content (AvgIpc) is 2.73. The van der Waals surface area contributed by atoms with Crippen LogP contribution in [0.1, 0.15) is 16.7 Å². The summed E-state index contributed by atoms with van der Waals surface area (Å²) in [6.07, 6.45) is -1.03. The lowest BCUT2D eigenvalue weighted by Gasteiger charge is -2.10. The van der Waals surface area contributed by atoms with E-state index in [4.69, 9.17) is 15.3 Å². The van der Waals surface area contributed by atoms with Gasteiger partial charge in [0.25, 0.3) is 0 Å². The number of rotatable bonds is 6. The van der Waals surface area contributed by atoms with Gasteiger partial charge in [0, 0.05) is 0 Å². The second kappa shape index (κ2) is 14.1. The molecule has 0 aliphatic heterocycles. The van der Waals surface area contributed by atoms with Gasteiger partial charge in [0.2, 0.25) is 0 Å². The first kappa shape index (κ1) is 24.1. The van der Waals surface area contributed by atoms with Crippen LogP contribution in [0.3, 0.4) is 0 Å².